The van der Waals surface area contributed by atoms with Gasteiger partial charge in [0.15, 0.2) is 11.5 Å². The number of nitrogens with one attached hydrogen (secondary N) is 1. The lowest BCUT2D eigenvalue weighted by Gasteiger charge is -2.15. The lowest BCUT2D eigenvalue weighted by Crippen LogP contribution is -2.36. The van der Waals surface area contributed by atoms with Crippen LogP contribution in [-0.2, 0) is 20.9 Å². The fourth-order valence-electron chi connectivity index (χ4n) is 3.97. The molecule has 0 spiro atoms. The van der Waals surface area contributed by atoms with Crippen LogP contribution in [0.4, 0.5) is 10.5 Å². The van der Waals surface area contributed by atoms with Gasteiger partial charge in [-0.05, 0) is 107 Å². The fraction of sp³-hybridized carbons (Fsp3) is 0.226. The van der Waals surface area contributed by atoms with Crippen LogP contribution in [0.2, 0.25) is 10.0 Å². The summed E-state index contributed by atoms with van der Waals surface area (Å²) in [7, 11) is 0. The minimum atomic E-state index is -0.626. The molecule has 1 aliphatic rings. The van der Waals surface area contributed by atoms with Crippen molar-refractivity contribution in [2.75, 3.05) is 25.1 Å². The Morgan fingerprint density at radius 3 is 2.48 bits per heavy atom. The molecule has 0 bridgehead atoms. The van der Waals surface area contributed by atoms with Gasteiger partial charge in [-0.15, -0.1) is 0 Å². The number of amides is 3. The molecular formula is C31H27Cl2IN2O7S. The summed E-state index contributed by atoms with van der Waals surface area (Å²) in [4.78, 5) is 51.9. The highest BCUT2D eigenvalue weighted by Gasteiger charge is 2.36. The number of benzene rings is 3. The molecule has 1 N–H and O–H groups in total. The number of carbonyl (C=O) groups excluding carboxylic acids is 4. The summed E-state index contributed by atoms with van der Waals surface area (Å²) in [6, 6.07) is 15.2. The molecule has 3 aromatic carbocycles. The zero-order valence-corrected chi connectivity index (χ0v) is 28.1. The fourth-order valence-corrected chi connectivity index (χ4v) is 5.91. The van der Waals surface area contributed by atoms with E-state index in [1.54, 1.807) is 24.3 Å². The molecule has 9 nitrogen and oxygen atoms in total. The molecule has 1 saturated heterocycles. The standard InChI is InChI=1S/C31H27Cl2IN2O7S/c1-3-11-42-30(39)22-15-21(9-10-23(22)33)35-27(37)16-36-29(38)26(44-31(36)40)14-19-12-24(34)28(25(13-19)41-4-2)43-17-18-5-7-20(32)8-6-18/h5-10,12-15H,3-4,11,16-17H2,1-2H3,(H,35,37)/b26-14+. The summed E-state index contributed by atoms with van der Waals surface area (Å²) >= 11 is 14.9. The van der Waals surface area contributed by atoms with Gasteiger partial charge in [0.05, 0.1) is 32.3 Å². The third-order valence-corrected chi connectivity index (χ3v) is 8.30. The predicted molar refractivity (Wildman–Crippen MR) is 179 cm³/mol. The Morgan fingerprint density at radius 2 is 1.77 bits per heavy atom. The number of rotatable bonds is 12. The topological polar surface area (TPSA) is 111 Å². The van der Waals surface area contributed by atoms with Gasteiger partial charge in [-0.1, -0.05) is 42.3 Å². The average molecular weight is 769 g/mol. The van der Waals surface area contributed by atoms with E-state index in [0.29, 0.717) is 41.7 Å². The van der Waals surface area contributed by atoms with Gasteiger partial charge in [0.25, 0.3) is 11.1 Å². The van der Waals surface area contributed by atoms with E-state index >= 15 is 0 Å². The van der Waals surface area contributed by atoms with Crippen molar-refractivity contribution in [2.45, 2.75) is 26.9 Å². The van der Waals surface area contributed by atoms with E-state index in [-0.39, 0.29) is 27.8 Å². The quantitative estimate of drug-likeness (QED) is 0.113. The number of anilines is 1. The number of hydrogen-bond acceptors (Lipinski definition) is 8. The maximum Gasteiger partial charge on any atom is 0.339 e. The van der Waals surface area contributed by atoms with E-state index in [1.807, 2.05) is 32.0 Å². The molecule has 0 atom stereocenters. The Morgan fingerprint density at radius 1 is 1.02 bits per heavy atom. The summed E-state index contributed by atoms with van der Waals surface area (Å²) in [5.74, 6) is -0.815. The molecule has 0 radical (unpaired) electrons. The van der Waals surface area contributed by atoms with Crippen LogP contribution in [0.5, 0.6) is 11.5 Å². The maximum absolute atomic E-state index is 13.1. The maximum atomic E-state index is 13.1. The molecule has 0 aromatic heterocycles. The highest BCUT2D eigenvalue weighted by Crippen LogP contribution is 2.38. The van der Waals surface area contributed by atoms with Crippen LogP contribution in [0.15, 0.2) is 59.5 Å². The summed E-state index contributed by atoms with van der Waals surface area (Å²) in [6.07, 6.45) is 2.22. The van der Waals surface area contributed by atoms with Crippen LogP contribution < -0.4 is 14.8 Å². The first-order chi connectivity index (χ1) is 21.1. The van der Waals surface area contributed by atoms with Crippen LogP contribution in [0.25, 0.3) is 6.08 Å². The van der Waals surface area contributed by atoms with Crippen molar-refractivity contribution in [1.29, 1.82) is 0 Å². The van der Waals surface area contributed by atoms with Gasteiger partial charge < -0.3 is 19.5 Å². The molecule has 4 rings (SSSR count). The van der Waals surface area contributed by atoms with Crippen LogP contribution >= 0.6 is 57.6 Å². The van der Waals surface area contributed by atoms with E-state index in [9.17, 15) is 19.2 Å². The largest absolute Gasteiger partial charge is 0.490 e. The predicted octanol–water partition coefficient (Wildman–Crippen LogP) is 7.82. The van der Waals surface area contributed by atoms with Crippen molar-refractivity contribution < 1.29 is 33.4 Å². The highest BCUT2D eigenvalue weighted by atomic mass is 127. The van der Waals surface area contributed by atoms with E-state index in [0.717, 1.165) is 25.8 Å². The molecule has 0 unspecified atom stereocenters. The lowest BCUT2D eigenvalue weighted by atomic mass is 10.1. The van der Waals surface area contributed by atoms with Gasteiger partial charge in [0.2, 0.25) is 5.91 Å². The van der Waals surface area contributed by atoms with Crippen molar-refractivity contribution >= 4 is 92.3 Å². The molecule has 0 aliphatic carbocycles. The second-order valence-corrected chi connectivity index (χ2v) is 12.3. The third kappa shape index (κ3) is 8.68. The Hall–Kier alpha value is -3.26. The van der Waals surface area contributed by atoms with Gasteiger partial charge in [-0.25, -0.2) is 4.79 Å². The van der Waals surface area contributed by atoms with Crippen LogP contribution in [-0.4, -0.2) is 47.7 Å². The van der Waals surface area contributed by atoms with Gasteiger partial charge >= 0.3 is 5.97 Å². The third-order valence-electron chi connectivity index (χ3n) is 6.01. The van der Waals surface area contributed by atoms with E-state index < -0.39 is 29.6 Å². The first-order valence-electron chi connectivity index (χ1n) is 13.4. The molecule has 1 aliphatic heterocycles. The Kier molecular flexibility index (Phi) is 12.0. The van der Waals surface area contributed by atoms with Crippen molar-refractivity contribution in [3.63, 3.8) is 0 Å². The highest BCUT2D eigenvalue weighted by molar-refractivity contribution is 14.1. The number of hydrogen-bond donors (Lipinski definition) is 1. The molecule has 13 heteroatoms. The first kappa shape index (κ1) is 33.6. The van der Waals surface area contributed by atoms with Crippen molar-refractivity contribution in [2.24, 2.45) is 0 Å². The average Bonchev–Trinajstić information content (AvgIpc) is 3.24. The summed E-state index contributed by atoms with van der Waals surface area (Å²) < 4.78 is 17.7. The van der Waals surface area contributed by atoms with Crippen LogP contribution in [0.1, 0.15) is 41.8 Å². The number of esters is 1. The molecular weight excluding hydrogens is 742 g/mol. The summed E-state index contributed by atoms with van der Waals surface area (Å²) in [5, 5.41) is 2.82. The van der Waals surface area contributed by atoms with Crippen LogP contribution in [0.3, 0.4) is 0 Å². The van der Waals surface area contributed by atoms with E-state index in [1.165, 1.54) is 18.2 Å². The van der Waals surface area contributed by atoms with Gasteiger partial charge in [0.1, 0.15) is 13.2 Å². The van der Waals surface area contributed by atoms with E-state index in [2.05, 4.69) is 27.9 Å². The lowest BCUT2D eigenvalue weighted by molar-refractivity contribution is -0.127. The van der Waals surface area contributed by atoms with Crippen molar-refractivity contribution in [3.8, 4) is 11.5 Å². The number of thioether (sulfide) groups is 1. The monoisotopic (exact) mass is 768 g/mol. The Balaban J connectivity index is 1.45. The number of carbonyl (C=O) groups is 4. The number of halogens is 3. The Labute approximate surface area is 282 Å². The molecule has 0 saturated carbocycles. The van der Waals surface area contributed by atoms with Gasteiger partial charge in [-0.3, -0.25) is 19.3 Å². The molecule has 230 valence electrons. The van der Waals surface area contributed by atoms with Crippen molar-refractivity contribution in [3.05, 3.63) is 89.8 Å². The molecule has 1 fully saturated rings. The molecule has 1 heterocycles. The zero-order chi connectivity index (χ0) is 31.8. The number of nitrogens with zero attached hydrogens (tertiary/aromatic N) is 1. The second-order valence-electron chi connectivity index (χ2n) is 9.32. The summed E-state index contributed by atoms with van der Waals surface area (Å²) in [5.41, 5.74) is 1.91. The van der Waals surface area contributed by atoms with Crippen LogP contribution in [0, 0.1) is 3.57 Å². The minimum absolute atomic E-state index is 0.0921. The zero-order valence-electron chi connectivity index (χ0n) is 23.7. The minimum Gasteiger partial charge on any atom is -0.490 e. The molecule has 3 amide bonds. The smallest absolute Gasteiger partial charge is 0.339 e. The van der Waals surface area contributed by atoms with E-state index in [4.69, 9.17) is 37.4 Å². The van der Waals surface area contributed by atoms with Gasteiger partial charge in [-0.2, -0.15) is 0 Å². The number of imide groups is 1. The first-order valence-corrected chi connectivity index (χ1v) is 16.1. The normalized spacial score (nSPS) is 13.8. The second kappa shape index (κ2) is 15.6. The summed E-state index contributed by atoms with van der Waals surface area (Å²) in [6.45, 7) is 4.11. The SMILES string of the molecule is CCCOC(=O)c1cc(NC(=O)CN2C(=O)S/C(=C/c3cc(I)c(OCc4ccc(Cl)cc4)c(OCC)c3)C2=O)ccc1Cl. The van der Waals surface area contributed by atoms with Crippen molar-refractivity contribution in [1.82, 2.24) is 4.90 Å². The Bertz CT molecular complexity index is 1620. The number of ether oxygens (including phenoxy) is 3. The van der Waals surface area contributed by atoms with Gasteiger partial charge in [0, 0.05) is 10.7 Å². The molecule has 3 aromatic rings. The molecule has 44 heavy (non-hydrogen) atoms.